The predicted molar refractivity (Wildman–Crippen MR) is 371 cm³/mol. The molecule has 0 bridgehead atoms. The normalized spacial score (nSPS) is 28.9. The molecule has 4 fully saturated rings. The van der Waals surface area contributed by atoms with Crippen molar-refractivity contribution in [3.63, 3.8) is 0 Å². The van der Waals surface area contributed by atoms with Gasteiger partial charge in [-0.2, -0.15) is 0 Å². The molecule has 0 radical (unpaired) electrons. The van der Waals surface area contributed by atoms with E-state index in [9.17, 15) is 48.3 Å². The third kappa shape index (κ3) is 26.6. The SMILES string of the molecule is CCC[CH2][Sn]([CH2]CCC)([CH2]CCC)[O]C[C@H]1O[C@@H](OC[C@H]2O[C@@H](OC[C@H]3O[C@@H]([Se]c4ccccc4)[C@H](OC(C)=O)[C@@H](OC(C)=O)[C@@H]3OCc3ccccc3)[C@H](OC(C)=O)[C@@H](O[C@@H]3O[C@H](COC(C)=O)[C@@H](OC(C)=O)[C@H](OC(C)=O)[C@H]3OC(C)=O)[C@@H]2O)[C@H](OC(C)=O)[C@@H](OC(C)=O)[C@@H]1OCc1ccccc1. The number of benzene rings is 3. The van der Waals surface area contributed by atoms with Crippen LogP contribution in [0.15, 0.2) is 91.0 Å². The van der Waals surface area contributed by atoms with Gasteiger partial charge in [-0.25, -0.2) is 0 Å². The first-order chi connectivity index (χ1) is 50.2. The summed E-state index contributed by atoms with van der Waals surface area (Å²) in [6.07, 6.45) is -25.2. The molecule has 0 amide bonds. The van der Waals surface area contributed by atoms with Gasteiger partial charge >= 0.3 is 553 Å². The number of rotatable bonds is 38. The fourth-order valence-electron chi connectivity index (χ4n) is 12.9. The zero-order chi connectivity index (χ0) is 76.3. The van der Waals surface area contributed by atoms with Crippen molar-refractivity contribution in [2.75, 3.05) is 26.4 Å². The molecule has 4 heterocycles. The molecule has 4 aliphatic rings. The summed E-state index contributed by atoms with van der Waals surface area (Å²) in [5, 5.41) is 12.1. The zero-order valence-corrected chi connectivity index (χ0v) is 66.2. The van der Waals surface area contributed by atoms with E-state index in [4.69, 9.17) is 88.3 Å². The molecule has 582 valence electrons. The van der Waals surface area contributed by atoms with Gasteiger partial charge in [0, 0.05) is 27.7 Å². The molecule has 0 saturated carbocycles. The van der Waals surface area contributed by atoms with Gasteiger partial charge in [-0.1, -0.05) is 0 Å². The number of hydrogen-bond acceptors (Lipinski definition) is 29. The molecule has 4 saturated heterocycles. The number of aliphatic hydroxyl groups is 1. The molecule has 20 atom stereocenters. The van der Waals surface area contributed by atoms with Crippen LogP contribution >= 0.6 is 0 Å². The summed E-state index contributed by atoms with van der Waals surface area (Å²) in [5.41, 5.74) is 1.43. The van der Waals surface area contributed by atoms with Gasteiger partial charge in [0.15, 0.2) is 6.10 Å². The Morgan fingerprint density at radius 3 is 1.17 bits per heavy atom. The Bertz CT molecular complexity index is 3220. The molecule has 7 rings (SSSR count). The molecule has 0 unspecified atom stereocenters. The first-order valence-corrected chi connectivity index (χ1v) is 44.6. The second kappa shape index (κ2) is 43.1. The van der Waals surface area contributed by atoms with Crippen molar-refractivity contribution in [3.05, 3.63) is 102 Å². The Morgan fingerprint density at radius 2 is 0.724 bits per heavy atom. The Kier molecular flexibility index (Phi) is 35.3. The van der Waals surface area contributed by atoms with Crippen molar-refractivity contribution in [1.82, 2.24) is 0 Å². The van der Waals surface area contributed by atoms with Crippen molar-refractivity contribution >= 4 is 91.9 Å². The summed E-state index contributed by atoms with van der Waals surface area (Å²) in [5.74, 6) is -7.85. The van der Waals surface area contributed by atoms with Gasteiger partial charge in [0.1, 0.15) is 6.61 Å². The van der Waals surface area contributed by atoms with Gasteiger partial charge in [0.25, 0.3) is 0 Å². The Hall–Kier alpha value is -6.23. The maximum atomic E-state index is 13.7. The van der Waals surface area contributed by atoms with Crippen LogP contribution in [0.5, 0.6) is 0 Å². The van der Waals surface area contributed by atoms with E-state index in [0.717, 1.165) is 103 Å². The molecule has 105 heavy (non-hydrogen) atoms. The van der Waals surface area contributed by atoms with Crippen LogP contribution < -0.4 is 4.46 Å². The zero-order valence-electron chi connectivity index (χ0n) is 61.6. The van der Waals surface area contributed by atoms with Gasteiger partial charge in [-0.15, -0.1) is 0 Å². The molecule has 31 heteroatoms. The summed E-state index contributed by atoms with van der Waals surface area (Å²) in [6.45, 7) is 14.0. The average Bonchev–Trinajstić information content (AvgIpc) is 0.779. The molecule has 3 aromatic rings. The molecule has 3 aromatic carbocycles. The number of ether oxygens (including phenoxy) is 18. The van der Waals surface area contributed by atoms with E-state index in [1.54, 1.807) is 30.3 Å². The third-order valence-corrected chi connectivity index (χ3v) is 33.0. The van der Waals surface area contributed by atoms with Crippen molar-refractivity contribution in [2.24, 2.45) is 0 Å². The van der Waals surface area contributed by atoms with E-state index >= 15 is 0 Å². The van der Waals surface area contributed by atoms with E-state index in [-0.39, 0.29) is 19.8 Å². The van der Waals surface area contributed by atoms with Crippen molar-refractivity contribution in [3.8, 4) is 0 Å². The number of esters is 9. The fraction of sp³-hybridized carbons (Fsp3) is 0.635. The second-order valence-electron chi connectivity index (χ2n) is 26.1. The average molecular weight is 1650 g/mol. The van der Waals surface area contributed by atoms with Crippen molar-refractivity contribution in [1.29, 1.82) is 0 Å². The number of carbonyl (C=O) groups is 9. The van der Waals surface area contributed by atoms with Crippen LogP contribution in [-0.2, 0) is 145 Å². The van der Waals surface area contributed by atoms with E-state index in [1.165, 1.54) is 20.8 Å². The monoisotopic (exact) mass is 1650 g/mol. The third-order valence-electron chi connectivity index (χ3n) is 17.5. The number of unbranched alkanes of at least 4 members (excludes halogenated alkanes) is 3. The molecule has 0 aromatic heterocycles. The van der Waals surface area contributed by atoms with E-state index in [1.807, 2.05) is 60.7 Å². The number of aliphatic hydroxyl groups excluding tert-OH is 1. The summed E-state index contributed by atoms with van der Waals surface area (Å²) < 4.78 is 124. The molecule has 1 N–H and O–H groups in total. The quantitative estimate of drug-likeness (QED) is 0.0376. The van der Waals surface area contributed by atoms with E-state index < -0.39 is 229 Å². The molecular formula is C74H102O29SeSn. The van der Waals surface area contributed by atoms with Gasteiger partial charge in [0.2, 0.25) is 0 Å². The molecule has 4 aliphatic heterocycles. The first kappa shape index (κ1) is 86.0. The van der Waals surface area contributed by atoms with Gasteiger partial charge in [-0.3, -0.25) is 19.2 Å². The summed E-state index contributed by atoms with van der Waals surface area (Å²) in [6, 6.07) is 27.3. The van der Waals surface area contributed by atoms with Crippen LogP contribution in [-0.4, -0.2) is 241 Å². The van der Waals surface area contributed by atoms with Crippen LogP contribution in [0.4, 0.5) is 0 Å². The minimum atomic E-state index is -3.58. The van der Waals surface area contributed by atoms with Gasteiger partial charge in [0.05, 0.1) is 0 Å². The van der Waals surface area contributed by atoms with Crippen LogP contribution in [0.1, 0.15) is 133 Å². The fourth-order valence-corrected chi connectivity index (χ4v) is 28.7. The van der Waals surface area contributed by atoms with Crippen LogP contribution in [0.3, 0.4) is 0 Å². The maximum absolute atomic E-state index is 13.7. The summed E-state index contributed by atoms with van der Waals surface area (Å²) in [7, 11) is 0. The molecule has 0 aliphatic carbocycles. The van der Waals surface area contributed by atoms with E-state index in [0.29, 0.717) is 5.56 Å². The van der Waals surface area contributed by atoms with Crippen molar-refractivity contribution in [2.45, 2.75) is 270 Å². The summed E-state index contributed by atoms with van der Waals surface area (Å²) in [4.78, 5) is 119. The van der Waals surface area contributed by atoms with Crippen LogP contribution in [0.2, 0.25) is 13.3 Å². The number of carbonyl (C=O) groups excluding carboxylic acids is 9. The van der Waals surface area contributed by atoms with Crippen LogP contribution in [0.25, 0.3) is 0 Å². The van der Waals surface area contributed by atoms with Gasteiger partial charge in [-0.05, 0) is 0 Å². The standard InChI is InChI=1S/C62H75O29Se.3C4H9.Sn/c1-31(64)74-29-46-50(79-32(2)65)54(82-35(5)68)57(85-38(8)71)61(89-46)91-51-47(73)44(28-77-60-56(84-37(7)70)52(80-33(3)66)48(43(25-63)87-60)75-26-40-19-13-10-14-20-40)88-59(55(51)83-36(6)69)78-30-45-49(76-27-41-21-15-11-16-22-41)53(81-34(4)67)58(86-39(9)72)62(90-45)92-42-23-17-12-18-24-42;3*1-3-4-2;/h10-24,43-62,73H,25-30H2,1-9H3;3*1,3-4H2,2H3;/q-1;;;;+1/t43-,44-,45-,46-,47-,48-,49-,50-,51+,52+,53+,54+,55-,56-,57-,58-,59-,60-,61+,62+;;;;/m1..../s1. The molecule has 0 spiro atoms. The minimum absolute atomic E-state index is 0.0111. The Labute approximate surface area is 623 Å². The van der Waals surface area contributed by atoms with Crippen molar-refractivity contribution < 1.29 is 137 Å². The van der Waals surface area contributed by atoms with E-state index in [2.05, 4.69) is 20.8 Å². The topological polar surface area (TPSA) is 349 Å². The van der Waals surface area contributed by atoms with Gasteiger partial charge < -0.3 is 14.2 Å². The molecular weight excluding hydrogens is 1550 g/mol. The predicted octanol–water partition coefficient (Wildman–Crippen LogP) is 6.24. The summed E-state index contributed by atoms with van der Waals surface area (Å²) >= 11 is -4.28. The Morgan fingerprint density at radius 1 is 0.371 bits per heavy atom. The second-order valence-corrected chi connectivity index (χ2v) is 40.4. The molecule has 29 nitrogen and oxygen atoms in total. The Balaban J connectivity index is 1.37. The number of hydrogen-bond donors (Lipinski definition) is 1. The first-order valence-electron chi connectivity index (χ1n) is 35.6. The van der Waals surface area contributed by atoms with Crippen LogP contribution in [0, 0.1) is 0 Å².